The van der Waals surface area contributed by atoms with Crippen LogP contribution >= 0.6 is 0 Å². The molecule has 1 aliphatic rings. The molecule has 29 heavy (non-hydrogen) atoms. The van der Waals surface area contributed by atoms with Crippen LogP contribution < -0.4 is 10.1 Å². The zero-order chi connectivity index (χ0) is 20.6. The van der Waals surface area contributed by atoms with E-state index in [1.165, 1.54) is 18.2 Å². The summed E-state index contributed by atoms with van der Waals surface area (Å²) in [6.45, 7) is 3.41. The van der Waals surface area contributed by atoms with Crippen molar-refractivity contribution in [2.75, 3.05) is 39.8 Å². The van der Waals surface area contributed by atoms with Crippen LogP contribution in [0.5, 0.6) is 5.75 Å². The fourth-order valence-electron chi connectivity index (χ4n) is 3.40. The Morgan fingerprint density at radius 2 is 1.90 bits per heavy atom. The molecule has 6 nitrogen and oxygen atoms in total. The Hall–Kier alpha value is -2.93. The van der Waals surface area contributed by atoms with Gasteiger partial charge in [-0.1, -0.05) is 24.3 Å². The van der Waals surface area contributed by atoms with Gasteiger partial charge >= 0.3 is 0 Å². The van der Waals surface area contributed by atoms with Gasteiger partial charge in [0.25, 0.3) is 5.91 Å². The third kappa shape index (κ3) is 5.54. The van der Waals surface area contributed by atoms with Gasteiger partial charge in [-0.25, -0.2) is 4.39 Å². The molecule has 0 bridgehead atoms. The van der Waals surface area contributed by atoms with E-state index < -0.39 is 5.82 Å². The van der Waals surface area contributed by atoms with Gasteiger partial charge in [0.1, 0.15) is 11.6 Å². The van der Waals surface area contributed by atoms with Crippen molar-refractivity contribution in [2.24, 2.45) is 0 Å². The van der Waals surface area contributed by atoms with Crippen LogP contribution in [0.25, 0.3) is 0 Å². The van der Waals surface area contributed by atoms with Crippen molar-refractivity contribution in [1.82, 2.24) is 15.1 Å². The second-order valence-electron chi connectivity index (χ2n) is 6.93. The lowest BCUT2D eigenvalue weighted by molar-refractivity contribution is -0.132. The number of ether oxygens (including phenoxy) is 1. The predicted octanol–water partition coefficient (Wildman–Crippen LogP) is 2.30. The fourth-order valence-corrected chi connectivity index (χ4v) is 3.40. The number of hydrogen-bond donors (Lipinski definition) is 1. The van der Waals surface area contributed by atoms with Crippen molar-refractivity contribution in [1.29, 1.82) is 0 Å². The zero-order valence-corrected chi connectivity index (χ0v) is 16.6. The Morgan fingerprint density at radius 3 is 2.62 bits per heavy atom. The van der Waals surface area contributed by atoms with E-state index in [2.05, 4.69) is 5.32 Å². The zero-order valence-electron chi connectivity index (χ0n) is 16.6. The highest BCUT2D eigenvalue weighted by molar-refractivity contribution is 5.94. The number of nitrogens with zero attached hydrogens (tertiary/aromatic N) is 2. The summed E-state index contributed by atoms with van der Waals surface area (Å²) in [4.78, 5) is 29.0. The fraction of sp³-hybridized carbons (Fsp3) is 0.364. The standard InChI is InChI=1S/C22H26FN3O3/c1-29-20-8-3-2-5-18(20)16-26(22(28)17-6-4-7-19(23)15-17)12-9-21(27)25-13-10-24-11-14-25/h2-8,15,24H,9-14,16H2,1H3. The number of nitrogens with one attached hydrogen (secondary N) is 1. The Kier molecular flexibility index (Phi) is 7.19. The average Bonchev–Trinajstić information content (AvgIpc) is 2.76. The summed E-state index contributed by atoms with van der Waals surface area (Å²) in [6.07, 6.45) is 0.218. The van der Waals surface area contributed by atoms with Crippen molar-refractivity contribution in [3.05, 3.63) is 65.5 Å². The van der Waals surface area contributed by atoms with E-state index >= 15 is 0 Å². The van der Waals surface area contributed by atoms with Gasteiger partial charge in [0, 0.05) is 56.8 Å². The van der Waals surface area contributed by atoms with Crippen LogP contribution in [0, 0.1) is 5.82 Å². The van der Waals surface area contributed by atoms with E-state index in [-0.39, 0.29) is 36.9 Å². The molecule has 0 radical (unpaired) electrons. The summed E-state index contributed by atoms with van der Waals surface area (Å²) >= 11 is 0. The van der Waals surface area contributed by atoms with E-state index in [9.17, 15) is 14.0 Å². The minimum atomic E-state index is -0.468. The van der Waals surface area contributed by atoms with Crippen molar-refractivity contribution >= 4 is 11.8 Å². The number of hydrogen-bond acceptors (Lipinski definition) is 4. The number of carbonyl (C=O) groups excluding carboxylic acids is 2. The number of benzene rings is 2. The summed E-state index contributed by atoms with van der Waals surface area (Å²) in [6, 6.07) is 13.0. The molecule has 0 saturated carbocycles. The maximum Gasteiger partial charge on any atom is 0.254 e. The molecule has 2 aromatic carbocycles. The van der Waals surface area contributed by atoms with Crippen LogP contribution in [0.1, 0.15) is 22.3 Å². The monoisotopic (exact) mass is 399 g/mol. The average molecular weight is 399 g/mol. The van der Waals surface area contributed by atoms with E-state index in [1.54, 1.807) is 18.1 Å². The first kappa shape index (κ1) is 20.8. The lowest BCUT2D eigenvalue weighted by Gasteiger charge is -2.29. The van der Waals surface area contributed by atoms with Crippen molar-refractivity contribution in [3.8, 4) is 5.75 Å². The van der Waals surface area contributed by atoms with Gasteiger partial charge in [-0.3, -0.25) is 9.59 Å². The molecular weight excluding hydrogens is 373 g/mol. The molecule has 1 fully saturated rings. The molecule has 2 amide bonds. The number of carbonyl (C=O) groups is 2. The Bertz CT molecular complexity index is 853. The quantitative estimate of drug-likeness (QED) is 0.776. The topological polar surface area (TPSA) is 61.9 Å². The molecule has 0 atom stereocenters. The largest absolute Gasteiger partial charge is 0.496 e. The third-order valence-corrected chi connectivity index (χ3v) is 4.98. The minimum absolute atomic E-state index is 0.0172. The molecule has 1 aliphatic heterocycles. The molecular formula is C22H26FN3O3. The van der Waals surface area contributed by atoms with E-state index in [0.717, 1.165) is 18.7 Å². The minimum Gasteiger partial charge on any atom is -0.496 e. The molecule has 2 aromatic rings. The lowest BCUT2D eigenvalue weighted by Crippen LogP contribution is -2.47. The number of rotatable bonds is 7. The Labute approximate surface area is 170 Å². The molecule has 7 heteroatoms. The normalized spacial score (nSPS) is 13.8. The number of methoxy groups -OCH3 is 1. The molecule has 1 heterocycles. The molecule has 1 saturated heterocycles. The van der Waals surface area contributed by atoms with Crippen LogP contribution in [0.4, 0.5) is 4.39 Å². The van der Waals surface area contributed by atoms with Gasteiger partial charge in [0.2, 0.25) is 5.91 Å². The smallest absolute Gasteiger partial charge is 0.254 e. The van der Waals surface area contributed by atoms with Gasteiger partial charge in [-0.15, -0.1) is 0 Å². The number of para-hydroxylation sites is 1. The van der Waals surface area contributed by atoms with Crippen LogP contribution in [0.2, 0.25) is 0 Å². The van der Waals surface area contributed by atoms with Crippen LogP contribution in [0.3, 0.4) is 0 Å². The van der Waals surface area contributed by atoms with Crippen molar-refractivity contribution < 1.29 is 18.7 Å². The second kappa shape index (κ2) is 10.0. The molecule has 1 N–H and O–H groups in total. The molecule has 0 aliphatic carbocycles. The highest BCUT2D eigenvalue weighted by Gasteiger charge is 2.22. The molecule has 3 rings (SSSR count). The number of piperazine rings is 1. The SMILES string of the molecule is COc1ccccc1CN(CCC(=O)N1CCNCC1)C(=O)c1cccc(F)c1. The first-order valence-electron chi connectivity index (χ1n) is 9.73. The Balaban J connectivity index is 1.76. The summed E-state index contributed by atoms with van der Waals surface area (Å²) in [7, 11) is 1.57. The van der Waals surface area contributed by atoms with Gasteiger partial charge in [-0.2, -0.15) is 0 Å². The number of amides is 2. The summed E-state index contributed by atoms with van der Waals surface area (Å²) < 4.78 is 19.0. The molecule has 0 unspecified atom stereocenters. The van der Waals surface area contributed by atoms with Gasteiger partial charge < -0.3 is 19.9 Å². The summed E-state index contributed by atoms with van der Waals surface area (Å²) in [5, 5.41) is 3.22. The first-order chi connectivity index (χ1) is 14.1. The Morgan fingerprint density at radius 1 is 1.14 bits per heavy atom. The van der Waals surface area contributed by atoms with Crippen LogP contribution in [-0.2, 0) is 11.3 Å². The van der Waals surface area contributed by atoms with E-state index in [1.807, 2.05) is 29.2 Å². The van der Waals surface area contributed by atoms with Crippen LogP contribution in [-0.4, -0.2) is 61.4 Å². The maximum absolute atomic E-state index is 13.6. The third-order valence-electron chi connectivity index (χ3n) is 4.98. The molecule has 0 aromatic heterocycles. The molecule has 154 valence electrons. The van der Waals surface area contributed by atoms with Gasteiger partial charge in [-0.05, 0) is 24.3 Å². The van der Waals surface area contributed by atoms with Gasteiger partial charge in [0.05, 0.1) is 7.11 Å². The first-order valence-corrected chi connectivity index (χ1v) is 9.73. The lowest BCUT2D eigenvalue weighted by atomic mass is 10.1. The highest BCUT2D eigenvalue weighted by Crippen LogP contribution is 2.21. The summed E-state index contributed by atoms with van der Waals surface area (Å²) in [5.41, 5.74) is 1.09. The highest BCUT2D eigenvalue weighted by atomic mass is 19.1. The second-order valence-corrected chi connectivity index (χ2v) is 6.93. The van der Waals surface area contributed by atoms with Crippen molar-refractivity contribution in [2.45, 2.75) is 13.0 Å². The number of halogens is 1. The van der Waals surface area contributed by atoms with E-state index in [4.69, 9.17) is 4.74 Å². The summed E-state index contributed by atoms with van der Waals surface area (Å²) in [5.74, 6) is -0.102. The molecule has 0 spiro atoms. The van der Waals surface area contributed by atoms with E-state index in [0.29, 0.717) is 18.8 Å². The van der Waals surface area contributed by atoms with Gasteiger partial charge in [0.15, 0.2) is 0 Å². The van der Waals surface area contributed by atoms with Crippen molar-refractivity contribution in [3.63, 3.8) is 0 Å². The van der Waals surface area contributed by atoms with Crippen LogP contribution in [0.15, 0.2) is 48.5 Å². The predicted molar refractivity (Wildman–Crippen MR) is 108 cm³/mol. The maximum atomic E-state index is 13.6.